The number of nitrogens with one attached hydrogen (secondary N) is 1. The van der Waals surface area contributed by atoms with E-state index in [9.17, 15) is 0 Å². The van der Waals surface area contributed by atoms with E-state index in [1.54, 1.807) is 0 Å². The molecule has 1 aliphatic heterocycles. The van der Waals surface area contributed by atoms with Crippen LogP contribution in [-0.2, 0) is 4.74 Å². The molecule has 0 bridgehead atoms. The lowest BCUT2D eigenvalue weighted by atomic mass is 9.91. The fraction of sp³-hybridized carbons (Fsp3) is 0.571. The first-order chi connectivity index (χ1) is 8.26. The molecule has 0 spiro atoms. The van der Waals surface area contributed by atoms with Crippen LogP contribution in [0.3, 0.4) is 0 Å². The summed E-state index contributed by atoms with van der Waals surface area (Å²) in [5.41, 5.74) is 1.26. The van der Waals surface area contributed by atoms with Crippen molar-refractivity contribution in [1.82, 2.24) is 5.32 Å². The molecule has 0 radical (unpaired) electrons. The summed E-state index contributed by atoms with van der Waals surface area (Å²) in [5, 5.41) is 3.39. The van der Waals surface area contributed by atoms with Crippen LogP contribution in [0.15, 0.2) is 30.3 Å². The zero-order valence-corrected chi connectivity index (χ0v) is 10.8. The van der Waals surface area contributed by atoms with E-state index in [2.05, 4.69) is 41.5 Å². The number of hydrogen-bond acceptors (Lipinski definition) is 3. The van der Waals surface area contributed by atoms with Crippen LogP contribution < -0.4 is 10.2 Å². The average molecular weight is 234 g/mol. The van der Waals surface area contributed by atoms with Crippen LogP contribution >= 0.6 is 0 Å². The highest BCUT2D eigenvalue weighted by molar-refractivity contribution is 5.45. The first-order valence-corrected chi connectivity index (χ1v) is 6.28. The largest absolute Gasteiger partial charge is 0.376 e. The summed E-state index contributed by atoms with van der Waals surface area (Å²) in [5.74, 6) is 0. The quantitative estimate of drug-likeness (QED) is 0.861. The zero-order valence-electron chi connectivity index (χ0n) is 10.8. The Balaban J connectivity index is 2.03. The number of benzene rings is 1. The minimum absolute atomic E-state index is 0.00976. The highest BCUT2D eigenvalue weighted by atomic mass is 16.5. The van der Waals surface area contributed by atoms with Gasteiger partial charge in [-0.05, 0) is 38.1 Å². The number of anilines is 1. The Morgan fingerprint density at radius 2 is 1.88 bits per heavy atom. The van der Waals surface area contributed by atoms with Gasteiger partial charge in [-0.15, -0.1) is 0 Å². The smallest absolute Gasteiger partial charge is 0.0876 e. The fourth-order valence-electron chi connectivity index (χ4n) is 2.52. The van der Waals surface area contributed by atoms with Gasteiger partial charge in [0.25, 0.3) is 0 Å². The molecule has 3 heteroatoms. The second-order valence-electron chi connectivity index (χ2n) is 4.83. The van der Waals surface area contributed by atoms with Gasteiger partial charge in [-0.1, -0.05) is 18.2 Å². The third kappa shape index (κ3) is 2.99. The normalized spacial score (nSPS) is 18.9. The lowest BCUT2D eigenvalue weighted by Crippen LogP contribution is -2.50. The molecule has 1 aliphatic rings. The summed E-state index contributed by atoms with van der Waals surface area (Å²) in [6.45, 7) is 3.06. The third-order valence-electron chi connectivity index (χ3n) is 3.67. The molecule has 94 valence electrons. The number of likely N-dealkylation sites (N-methyl/N-ethyl adjacent to an activating group) is 1. The van der Waals surface area contributed by atoms with Gasteiger partial charge in [0, 0.05) is 26.4 Å². The summed E-state index contributed by atoms with van der Waals surface area (Å²) in [4.78, 5) is 2.29. The molecule has 1 aromatic carbocycles. The van der Waals surface area contributed by atoms with Crippen molar-refractivity contribution in [1.29, 1.82) is 0 Å². The van der Waals surface area contributed by atoms with Crippen molar-refractivity contribution in [2.45, 2.75) is 18.4 Å². The number of piperidine rings is 1. The molecule has 2 rings (SSSR count). The fourth-order valence-corrected chi connectivity index (χ4v) is 2.52. The van der Waals surface area contributed by atoms with Crippen molar-refractivity contribution in [3.63, 3.8) is 0 Å². The molecular formula is C14H22N2O. The molecule has 1 fully saturated rings. The number of rotatable bonds is 4. The lowest BCUT2D eigenvalue weighted by Gasteiger charge is -2.39. The summed E-state index contributed by atoms with van der Waals surface area (Å²) in [6, 6.07) is 10.5. The monoisotopic (exact) mass is 234 g/mol. The van der Waals surface area contributed by atoms with Gasteiger partial charge in [0.1, 0.15) is 0 Å². The molecule has 1 aromatic rings. The summed E-state index contributed by atoms with van der Waals surface area (Å²) in [7, 11) is 3.97. The van der Waals surface area contributed by atoms with Crippen LogP contribution in [0.2, 0.25) is 0 Å². The summed E-state index contributed by atoms with van der Waals surface area (Å²) in [6.07, 6.45) is 2.17. The van der Waals surface area contributed by atoms with Gasteiger partial charge in [0.2, 0.25) is 0 Å². The molecule has 17 heavy (non-hydrogen) atoms. The molecule has 1 saturated heterocycles. The third-order valence-corrected chi connectivity index (χ3v) is 3.67. The molecule has 0 unspecified atom stereocenters. The molecular weight excluding hydrogens is 212 g/mol. The maximum atomic E-state index is 5.79. The molecule has 0 saturated carbocycles. The van der Waals surface area contributed by atoms with Crippen molar-refractivity contribution < 1.29 is 4.74 Å². The van der Waals surface area contributed by atoms with Crippen LogP contribution in [-0.4, -0.2) is 39.4 Å². The van der Waals surface area contributed by atoms with Gasteiger partial charge in [-0.3, -0.25) is 0 Å². The van der Waals surface area contributed by atoms with E-state index < -0.39 is 0 Å². The predicted octanol–water partition coefficient (Wildman–Crippen LogP) is 1.89. The SMILES string of the molecule is COC1(CN(C)c2ccccc2)CCNCC1. The minimum Gasteiger partial charge on any atom is -0.376 e. The molecule has 0 amide bonds. The average Bonchev–Trinajstić information content (AvgIpc) is 2.41. The Hall–Kier alpha value is -1.06. The van der Waals surface area contributed by atoms with Crippen LogP contribution in [0.5, 0.6) is 0 Å². The number of methoxy groups -OCH3 is 1. The lowest BCUT2D eigenvalue weighted by molar-refractivity contribution is -0.0266. The standard InChI is InChI=1S/C14H22N2O/c1-16(13-6-4-3-5-7-13)12-14(17-2)8-10-15-11-9-14/h3-7,15H,8-12H2,1-2H3. The van der Waals surface area contributed by atoms with E-state index in [4.69, 9.17) is 4.74 Å². The van der Waals surface area contributed by atoms with Crippen LogP contribution in [0.4, 0.5) is 5.69 Å². The zero-order chi connectivity index (χ0) is 12.1. The van der Waals surface area contributed by atoms with E-state index in [1.807, 2.05) is 13.2 Å². The Morgan fingerprint density at radius 1 is 1.24 bits per heavy atom. The molecule has 0 aliphatic carbocycles. The van der Waals surface area contributed by atoms with Gasteiger partial charge < -0.3 is 15.0 Å². The Kier molecular flexibility index (Phi) is 4.02. The molecule has 0 aromatic heterocycles. The van der Waals surface area contributed by atoms with Crippen molar-refractivity contribution in [2.24, 2.45) is 0 Å². The Bertz CT molecular complexity index is 333. The van der Waals surface area contributed by atoms with Crippen molar-refractivity contribution in [2.75, 3.05) is 38.7 Å². The van der Waals surface area contributed by atoms with Crippen molar-refractivity contribution >= 4 is 5.69 Å². The maximum Gasteiger partial charge on any atom is 0.0876 e. The van der Waals surface area contributed by atoms with E-state index in [0.717, 1.165) is 32.5 Å². The van der Waals surface area contributed by atoms with E-state index in [0.29, 0.717) is 0 Å². The van der Waals surface area contributed by atoms with Gasteiger partial charge in [0.15, 0.2) is 0 Å². The first-order valence-electron chi connectivity index (χ1n) is 6.28. The molecule has 0 atom stereocenters. The summed E-state index contributed by atoms with van der Waals surface area (Å²) < 4.78 is 5.79. The van der Waals surface area contributed by atoms with Crippen molar-refractivity contribution in [3.05, 3.63) is 30.3 Å². The van der Waals surface area contributed by atoms with Gasteiger partial charge in [-0.25, -0.2) is 0 Å². The van der Waals surface area contributed by atoms with E-state index in [-0.39, 0.29) is 5.60 Å². The van der Waals surface area contributed by atoms with Gasteiger partial charge in [0.05, 0.1) is 5.60 Å². The maximum absolute atomic E-state index is 5.79. The van der Waals surface area contributed by atoms with Crippen LogP contribution in [0.1, 0.15) is 12.8 Å². The number of hydrogen-bond donors (Lipinski definition) is 1. The van der Waals surface area contributed by atoms with E-state index >= 15 is 0 Å². The number of nitrogens with zero attached hydrogens (tertiary/aromatic N) is 1. The predicted molar refractivity (Wildman–Crippen MR) is 71.6 cm³/mol. The highest BCUT2D eigenvalue weighted by Crippen LogP contribution is 2.25. The van der Waals surface area contributed by atoms with Gasteiger partial charge >= 0.3 is 0 Å². The van der Waals surface area contributed by atoms with Gasteiger partial charge in [-0.2, -0.15) is 0 Å². The molecule has 1 N–H and O–H groups in total. The minimum atomic E-state index is 0.00976. The highest BCUT2D eigenvalue weighted by Gasteiger charge is 2.33. The Morgan fingerprint density at radius 3 is 2.47 bits per heavy atom. The molecule has 1 heterocycles. The second-order valence-corrected chi connectivity index (χ2v) is 4.83. The topological polar surface area (TPSA) is 24.5 Å². The van der Waals surface area contributed by atoms with E-state index in [1.165, 1.54) is 5.69 Å². The number of ether oxygens (including phenoxy) is 1. The molecule has 3 nitrogen and oxygen atoms in total. The number of para-hydroxylation sites is 1. The Labute approximate surface area is 104 Å². The summed E-state index contributed by atoms with van der Waals surface area (Å²) >= 11 is 0. The second kappa shape index (κ2) is 5.52. The van der Waals surface area contributed by atoms with Crippen molar-refractivity contribution in [3.8, 4) is 0 Å². The van der Waals surface area contributed by atoms with Crippen LogP contribution in [0.25, 0.3) is 0 Å². The van der Waals surface area contributed by atoms with Crippen LogP contribution in [0, 0.1) is 0 Å². The first kappa shape index (κ1) is 12.4.